The average Bonchev–Trinajstić information content (AvgIpc) is 3.46. The molecular weight excluding hydrogens is 524 g/mol. The molecule has 0 saturated carbocycles. The smallest absolute Gasteiger partial charge is 0.160 e. The van der Waals surface area contributed by atoms with E-state index in [-0.39, 0.29) is 5.92 Å². The third kappa shape index (κ3) is 3.82. The highest BCUT2D eigenvalue weighted by Gasteiger charge is 2.26. The first kappa shape index (κ1) is 24.1. The molecule has 0 bridgehead atoms. The van der Waals surface area contributed by atoms with Crippen LogP contribution in [0.2, 0.25) is 0 Å². The number of aromatic nitrogens is 2. The van der Waals surface area contributed by atoms with E-state index in [0.717, 1.165) is 61.8 Å². The van der Waals surface area contributed by atoms with Gasteiger partial charge in [-0.1, -0.05) is 97.1 Å². The summed E-state index contributed by atoms with van der Waals surface area (Å²) in [7, 11) is 0. The Hall–Kier alpha value is -5.54. The Kier molecular flexibility index (Phi) is 5.32. The van der Waals surface area contributed by atoms with Crippen molar-refractivity contribution >= 4 is 33.0 Å². The van der Waals surface area contributed by atoms with Crippen LogP contribution < -0.4 is 0 Å². The maximum Gasteiger partial charge on any atom is 0.160 e. The van der Waals surface area contributed by atoms with E-state index in [1.807, 2.05) is 12.1 Å². The van der Waals surface area contributed by atoms with Crippen molar-refractivity contribution in [2.45, 2.75) is 12.3 Å². The molecule has 0 radical (unpaired) electrons. The molecular formula is C40H26N2O. The first-order valence-corrected chi connectivity index (χ1v) is 14.8. The Labute approximate surface area is 249 Å². The molecule has 3 aromatic heterocycles. The monoisotopic (exact) mass is 550 g/mol. The van der Waals surface area contributed by atoms with Gasteiger partial charge in [0.2, 0.25) is 0 Å². The van der Waals surface area contributed by atoms with Gasteiger partial charge in [-0.3, -0.25) is 0 Å². The number of hydrogen-bond acceptors (Lipinski definition) is 3. The molecule has 0 amide bonds. The van der Waals surface area contributed by atoms with Crippen molar-refractivity contribution in [2.75, 3.05) is 0 Å². The number of furan rings is 1. The number of fused-ring (bicyclic) bond motifs is 7. The van der Waals surface area contributed by atoms with E-state index < -0.39 is 0 Å². The summed E-state index contributed by atoms with van der Waals surface area (Å²) in [6, 6.07) is 47.4. The van der Waals surface area contributed by atoms with Crippen LogP contribution in [-0.4, -0.2) is 9.97 Å². The van der Waals surface area contributed by atoms with Crippen molar-refractivity contribution in [1.29, 1.82) is 0 Å². The molecule has 0 spiro atoms. The highest BCUT2D eigenvalue weighted by Crippen LogP contribution is 2.44. The number of para-hydroxylation sites is 1. The molecule has 1 atom stereocenters. The van der Waals surface area contributed by atoms with Gasteiger partial charge in [0.15, 0.2) is 5.65 Å². The lowest BCUT2D eigenvalue weighted by Crippen LogP contribution is -2.12. The van der Waals surface area contributed by atoms with Crippen LogP contribution in [-0.2, 0) is 6.42 Å². The van der Waals surface area contributed by atoms with E-state index in [2.05, 4.69) is 126 Å². The quantitative estimate of drug-likeness (QED) is 0.220. The lowest BCUT2D eigenvalue weighted by molar-refractivity contribution is 0.669. The topological polar surface area (TPSA) is 38.9 Å². The molecule has 3 heterocycles. The zero-order chi connectivity index (χ0) is 28.3. The fourth-order valence-corrected chi connectivity index (χ4v) is 6.92. The van der Waals surface area contributed by atoms with Gasteiger partial charge >= 0.3 is 0 Å². The van der Waals surface area contributed by atoms with Crippen molar-refractivity contribution < 1.29 is 4.42 Å². The normalized spacial score (nSPS) is 14.2. The summed E-state index contributed by atoms with van der Waals surface area (Å²) in [6.45, 7) is 0. The Morgan fingerprint density at radius 1 is 0.581 bits per heavy atom. The van der Waals surface area contributed by atoms with Crippen molar-refractivity contribution in [3.63, 3.8) is 0 Å². The molecule has 0 N–H and O–H groups in total. The van der Waals surface area contributed by atoms with E-state index >= 15 is 0 Å². The molecule has 5 aromatic carbocycles. The van der Waals surface area contributed by atoms with Gasteiger partial charge in [0.25, 0.3) is 0 Å². The highest BCUT2D eigenvalue weighted by molar-refractivity contribution is 6.10. The second kappa shape index (κ2) is 9.50. The second-order valence-electron chi connectivity index (χ2n) is 11.3. The van der Waals surface area contributed by atoms with Crippen molar-refractivity contribution in [1.82, 2.24) is 9.97 Å². The lowest BCUT2D eigenvalue weighted by Gasteiger charge is -2.28. The minimum absolute atomic E-state index is 0.283. The Bertz CT molecular complexity index is 2330. The Morgan fingerprint density at radius 2 is 1.37 bits per heavy atom. The van der Waals surface area contributed by atoms with Crippen LogP contribution >= 0.6 is 0 Å². The fourth-order valence-electron chi connectivity index (χ4n) is 6.92. The molecule has 3 nitrogen and oxygen atoms in total. The van der Waals surface area contributed by atoms with Crippen LogP contribution in [0.4, 0.5) is 0 Å². The third-order valence-corrected chi connectivity index (χ3v) is 8.94. The molecule has 202 valence electrons. The van der Waals surface area contributed by atoms with Crippen molar-refractivity contribution in [3.8, 4) is 33.5 Å². The molecule has 9 rings (SSSR count). The average molecular weight is 551 g/mol. The molecule has 0 aliphatic heterocycles. The zero-order valence-electron chi connectivity index (χ0n) is 23.4. The number of hydrogen-bond donors (Lipinski definition) is 0. The molecule has 1 unspecified atom stereocenters. The van der Waals surface area contributed by atoms with Gasteiger partial charge < -0.3 is 4.42 Å². The zero-order valence-corrected chi connectivity index (χ0v) is 23.4. The minimum Gasteiger partial charge on any atom is -0.455 e. The summed E-state index contributed by atoms with van der Waals surface area (Å²) >= 11 is 0. The van der Waals surface area contributed by atoms with E-state index in [9.17, 15) is 0 Å². The summed E-state index contributed by atoms with van der Waals surface area (Å²) < 4.78 is 6.60. The molecule has 0 saturated heterocycles. The van der Waals surface area contributed by atoms with Gasteiger partial charge in [0.05, 0.1) is 5.69 Å². The van der Waals surface area contributed by atoms with E-state index in [0.29, 0.717) is 0 Å². The van der Waals surface area contributed by atoms with Gasteiger partial charge in [0, 0.05) is 33.8 Å². The van der Waals surface area contributed by atoms with Crippen LogP contribution in [0.1, 0.15) is 22.6 Å². The lowest BCUT2D eigenvalue weighted by atomic mass is 9.75. The van der Waals surface area contributed by atoms with Crippen LogP contribution in [0.25, 0.3) is 66.5 Å². The SMILES string of the molecule is c1ccc(-c2cc(-c3cccc4c3oc3ccc(C5Cc6ccccc6-c6ccccc65)cc34)nc3ncccc23)cc1. The summed E-state index contributed by atoms with van der Waals surface area (Å²) in [4.78, 5) is 9.65. The van der Waals surface area contributed by atoms with Crippen LogP contribution in [0.15, 0.2) is 144 Å². The molecule has 43 heavy (non-hydrogen) atoms. The van der Waals surface area contributed by atoms with E-state index in [1.165, 1.54) is 27.8 Å². The minimum atomic E-state index is 0.283. The van der Waals surface area contributed by atoms with Crippen molar-refractivity contribution in [2.24, 2.45) is 0 Å². The molecule has 0 fully saturated rings. The first-order chi connectivity index (χ1) is 21.3. The summed E-state index contributed by atoms with van der Waals surface area (Å²) in [5.41, 5.74) is 13.3. The van der Waals surface area contributed by atoms with Gasteiger partial charge in [-0.05, 0) is 81.8 Å². The highest BCUT2D eigenvalue weighted by atomic mass is 16.3. The van der Waals surface area contributed by atoms with Crippen LogP contribution in [0.3, 0.4) is 0 Å². The van der Waals surface area contributed by atoms with Gasteiger partial charge in [-0.25, -0.2) is 9.97 Å². The summed E-state index contributed by atoms with van der Waals surface area (Å²) in [5.74, 6) is 0.283. The largest absolute Gasteiger partial charge is 0.455 e. The second-order valence-corrected chi connectivity index (χ2v) is 11.3. The van der Waals surface area contributed by atoms with Gasteiger partial charge in [-0.2, -0.15) is 0 Å². The van der Waals surface area contributed by atoms with Gasteiger partial charge in [0.1, 0.15) is 11.2 Å². The predicted molar refractivity (Wildman–Crippen MR) is 175 cm³/mol. The van der Waals surface area contributed by atoms with E-state index in [1.54, 1.807) is 6.20 Å². The Balaban J connectivity index is 1.21. The van der Waals surface area contributed by atoms with E-state index in [4.69, 9.17) is 9.40 Å². The third-order valence-electron chi connectivity index (χ3n) is 8.94. The maximum atomic E-state index is 6.60. The van der Waals surface area contributed by atoms with Crippen molar-refractivity contribution in [3.05, 3.63) is 156 Å². The van der Waals surface area contributed by atoms with Gasteiger partial charge in [-0.15, -0.1) is 0 Å². The summed E-state index contributed by atoms with van der Waals surface area (Å²) in [5, 5.41) is 3.27. The molecule has 8 aromatic rings. The first-order valence-electron chi connectivity index (χ1n) is 14.8. The van der Waals surface area contributed by atoms with Crippen LogP contribution in [0.5, 0.6) is 0 Å². The number of benzene rings is 5. The molecule has 1 aliphatic carbocycles. The Morgan fingerprint density at radius 3 is 2.30 bits per heavy atom. The number of rotatable bonds is 3. The standard InChI is InChI=1S/C40H26N2O/c1-2-10-25(11-3-1)35-24-37(42-40-32(35)18-9-21-41-40)33-17-8-16-31-36-23-27(19-20-38(36)43-39(31)33)34-22-26-12-4-5-13-28(26)29-14-6-7-15-30(29)34/h1-21,23-24,34H,22H2. The predicted octanol–water partition coefficient (Wildman–Crippen LogP) is 10.2. The summed E-state index contributed by atoms with van der Waals surface area (Å²) in [6.07, 6.45) is 2.79. The number of pyridine rings is 2. The molecule has 1 aliphatic rings. The fraction of sp³-hybridized carbons (Fsp3) is 0.0500. The maximum absolute atomic E-state index is 6.60. The van der Waals surface area contributed by atoms with Crippen LogP contribution in [0, 0.1) is 0 Å². The molecule has 3 heteroatoms. The number of nitrogens with zero attached hydrogens (tertiary/aromatic N) is 2.